The smallest absolute Gasteiger partial charge is 0.356 e. The van der Waals surface area contributed by atoms with Crippen molar-refractivity contribution in [3.8, 4) is 11.3 Å². The van der Waals surface area contributed by atoms with E-state index < -0.39 is 11.7 Å². The van der Waals surface area contributed by atoms with Crippen molar-refractivity contribution in [3.63, 3.8) is 0 Å². The van der Waals surface area contributed by atoms with E-state index in [1.165, 1.54) is 18.3 Å². The highest BCUT2D eigenvalue weighted by Gasteiger charge is 2.30. The van der Waals surface area contributed by atoms with Gasteiger partial charge in [0.1, 0.15) is 0 Å². The van der Waals surface area contributed by atoms with Gasteiger partial charge in [-0.2, -0.15) is 13.2 Å². The molecule has 0 spiro atoms. The molecule has 0 atom stereocenters. The third-order valence-corrected chi connectivity index (χ3v) is 1.83. The SMILES string of the molecule is FC(F)(F)c1cc[c]c(-c2ccno2)c1. The summed E-state index contributed by atoms with van der Waals surface area (Å²) in [6.45, 7) is 0. The molecule has 0 aliphatic carbocycles. The summed E-state index contributed by atoms with van der Waals surface area (Å²) in [5, 5.41) is 3.41. The Hall–Kier alpha value is -1.78. The van der Waals surface area contributed by atoms with Crippen LogP contribution in [0.2, 0.25) is 0 Å². The van der Waals surface area contributed by atoms with Gasteiger partial charge >= 0.3 is 6.18 Å². The molecule has 0 aliphatic rings. The van der Waals surface area contributed by atoms with E-state index in [1.807, 2.05) is 0 Å². The number of hydrogen-bond donors (Lipinski definition) is 0. The Balaban J connectivity index is 2.44. The lowest BCUT2D eigenvalue weighted by Gasteiger charge is -2.06. The first-order valence-corrected chi connectivity index (χ1v) is 4.07. The summed E-state index contributed by atoms with van der Waals surface area (Å²) in [5.41, 5.74) is -0.491. The molecule has 1 aromatic carbocycles. The lowest BCUT2D eigenvalue weighted by molar-refractivity contribution is -0.137. The van der Waals surface area contributed by atoms with Crippen LogP contribution in [0.25, 0.3) is 11.3 Å². The molecule has 5 heteroatoms. The van der Waals surface area contributed by atoms with Crippen molar-refractivity contribution in [2.45, 2.75) is 6.18 Å². The highest BCUT2D eigenvalue weighted by atomic mass is 19.4. The normalized spacial score (nSPS) is 11.7. The molecule has 0 saturated heterocycles. The van der Waals surface area contributed by atoms with Crippen molar-refractivity contribution in [1.82, 2.24) is 5.16 Å². The van der Waals surface area contributed by atoms with Crippen molar-refractivity contribution in [2.75, 3.05) is 0 Å². The van der Waals surface area contributed by atoms with Gasteiger partial charge in [-0.05, 0) is 18.2 Å². The van der Waals surface area contributed by atoms with Gasteiger partial charge in [0.2, 0.25) is 0 Å². The largest absolute Gasteiger partial charge is 0.416 e. The van der Waals surface area contributed by atoms with Gasteiger partial charge < -0.3 is 4.52 Å². The molecule has 2 rings (SSSR count). The molecule has 1 radical (unpaired) electrons. The van der Waals surface area contributed by atoms with Crippen LogP contribution in [-0.4, -0.2) is 5.16 Å². The Bertz CT molecular complexity index is 448. The van der Waals surface area contributed by atoms with Gasteiger partial charge in [0.15, 0.2) is 5.76 Å². The highest BCUT2D eigenvalue weighted by Crippen LogP contribution is 2.31. The van der Waals surface area contributed by atoms with E-state index in [2.05, 4.69) is 11.2 Å². The number of hydrogen-bond acceptors (Lipinski definition) is 2. The van der Waals surface area contributed by atoms with E-state index in [1.54, 1.807) is 0 Å². The number of nitrogens with zero attached hydrogens (tertiary/aromatic N) is 1. The first kappa shape index (κ1) is 9.76. The molecule has 0 saturated carbocycles. The van der Waals surface area contributed by atoms with Crippen LogP contribution in [0.4, 0.5) is 13.2 Å². The topological polar surface area (TPSA) is 26.0 Å². The molecule has 2 nitrogen and oxygen atoms in total. The summed E-state index contributed by atoms with van der Waals surface area (Å²) in [4.78, 5) is 0. The van der Waals surface area contributed by atoms with Crippen LogP contribution in [0.1, 0.15) is 5.56 Å². The third-order valence-electron chi connectivity index (χ3n) is 1.83. The zero-order valence-corrected chi connectivity index (χ0v) is 7.38. The van der Waals surface area contributed by atoms with Gasteiger partial charge in [-0.25, -0.2) is 0 Å². The molecule has 15 heavy (non-hydrogen) atoms. The van der Waals surface area contributed by atoms with E-state index >= 15 is 0 Å². The third kappa shape index (κ3) is 2.01. The molecule has 1 aromatic heterocycles. The number of rotatable bonds is 1. The lowest BCUT2D eigenvalue weighted by Crippen LogP contribution is -2.04. The second-order valence-corrected chi connectivity index (χ2v) is 2.87. The zero-order chi connectivity index (χ0) is 10.9. The molecule has 2 aromatic rings. The van der Waals surface area contributed by atoms with Gasteiger partial charge in [0.05, 0.1) is 11.8 Å². The molecule has 77 valence electrons. The fraction of sp³-hybridized carbons (Fsp3) is 0.100. The Labute approximate surface area is 83.3 Å². The van der Waals surface area contributed by atoms with Crippen LogP contribution in [0.3, 0.4) is 0 Å². The first-order valence-electron chi connectivity index (χ1n) is 4.07. The summed E-state index contributed by atoms with van der Waals surface area (Å²) in [7, 11) is 0. The molecule has 0 unspecified atom stereocenters. The van der Waals surface area contributed by atoms with Crippen LogP contribution < -0.4 is 0 Å². The van der Waals surface area contributed by atoms with Crippen LogP contribution in [-0.2, 0) is 6.18 Å². The summed E-state index contributed by atoms with van der Waals surface area (Å²) in [6.07, 6.45) is -2.99. The molecule has 1 heterocycles. The monoisotopic (exact) mass is 212 g/mol. The standard InChI is InChI=1S/C10H5F3NO/c11-10(12,13)8-3-1-2-7(6-8)9-4-5-14-15-9/h1,3-6H. The fourth-order valence-electron chi connectivity index (χ4n) is 1.14. The van der Waals surface area contributed by atoms with Crippen LogP contribution in [0.5, 0.6) is 0 Å². The van der Waals surface area contributed by atoms with Crippen molar-refractivity contribution in [1.29, 1.82) is 0 Å². The van der Waals surface area contributed by atoms with Gasteiger partial charge in [-0.3, -0.25) is 0 Å². The number of halogens is 3. The van der Waals surface area contributed by atoms with Gasteiger partial charge in [0, 0.05) is 11.6 Å². The maximum atomic E-state index is 12.3. The maximum absolute atomic E-state index is 12.3. The predicted molar refractivity (Wildman–Crippen MR) is 45.8 cm³/mol. The minimum Gasteiger partial charge on any atom is -0.356 e. The van der Waals surface area contributed by atoms with Crippen molar-refractivity contribution < 1.29 is 17.7 Å². The van der Waals surface area contributed by atoms with Crippen LogP contribution in [0.15, 0.2) is 35.0 Å². The quantitative estimate of drug-likeness (QED) is 0.725. The summed E-state index contributed by atoms with van der Waals surface area (Å²) < 4.78 is 41.8. The Morgan fingerprint density at radius 2 is 2.07 bits per heavy atom. The van der Waals surface area contributed by atoms with E-state index in [0.29, 0.717) is 0 Å². The maximum Gasteiger partial charge on any atom is 0.416 e. The molecular formula is C10H5F3NO. The highest BCUT2D eigenvalue weighted by molar-refractivity contribution is 5.57. The summed E-state index contributed by atoms with van der Waals surface area (Å²) >= 11 is 0. The van der Waals surface area contributed by atoms with Crippen molar-refractivity contribution >= 4 is 0 Å². The van der Waals surface area contributed by atoms with E-state index in [-0.39, 0.29) is 11.3 Å². The molecule has 0 fully saturated rings. The van der Waals surface area contributed by atoms with Gasteiger partial charge in [0.25, 0.3) is 0 Å². The number of benzene rings is 1. The van der Waals surface area contributed by atoms with E-state index in [0.717, 1.165) is 12.1 Å². The van der Waals surface area contributed by atoms with Gasteiger partial charge in [-0.1, -0.05) is 11.2 Å². The second kappa shape index (κ2) is 3.42. The van der Waals surface area contributed by atoms with Crippen molar-refractivity contribution in [2.24, 2.45) is 0 Å². The Morgan fingerprint density at radius 3 is 2.67 bits per heavy atom. The molecule has 0 bridgehead atoms. The minimum atomic E-state index is -4.36. The Kier molecular flexibility index (Phi) is 2.22. The Morgan fingerprint density at radius 1 is 1.27 bits per heavy atom. The average molecular weight is 212 g/mol. The van der Waals surface area contributed by atoms with E-state index in [9.17, 15) is 13.2 Å². The minimum absolute atomic E-state index is 0.238. The van der Waals surface area contributed by atoms with Gasteiger partial charge in [-0.15, -0.1) is 0 Å². The fourth-order valence-corrected chi connectivity index (χ4v) is 1.14. The zero-order valence-electron chi connectivity index (χ0n) is 7.38. The number of aromatic nitrogens is 1. The first-order chi connectivity index (χ1) is 7.07. The van der Waals surface area contributed by atoms with Crippen molar-refractivity contribution in [3.05, 3.63) is 42.1 Å². The summed E-state index contributed by atoms with van der Waals surface area (Å²) in [6, 6.07) is 7.27. The molecule has 0 amide bonds. The van der Waals surface area contributed by atoms with E-state index in [4.69, 9.17) is 4.52 Å². The lowest BCUT2D eigenvalue weighted by atomic mass is 10.1. The predicted octanol–water partition coefficient (Wildman–Crippen LogP) is 3.16. The second-order valence-electron chi connectivity index (χ2n) is 2.87. The average Bonchev–Trinajstić information content (AvgIpc) is 2.69. The molecule has 0 N–H and O–H groups in total. The van der Waals surface area contributed by atoms with Crippen LogP contribution >= 0.6 is 0 Å². The number of alkyl halides is 3. The molecule has 0 aliphatic heterocycles. The van der Waals surface area contributed by atoms with Crippen LogP contribution in [0, 0.1) is 6.07 Å². The molecular weight excluding hydrogens is 207 g/mol. The summed E-state index contributed by atoms with van der Waals surface area (Å²) in [5.74, 6) is 0.265.